The maximum absolute atomic E-state index is 12.3. The van der Waals surface area contributed by atoms with Gasteiger partial charge in [-0.25, -0.2) is 0 Å². The number of amides is 1. The number of nitrogens with one attached hydrogen (secondary N) is 2. The molecule has 1 amide bonds. The molecule has 1 heterocycles. The summed E-state index contributed by atoms with van der Waals surface area (Å²) in [5.74, 6) is 0.741. The number of carbonyl (C=O) groups excluding carboxylic acids is 2. The normalized spacial score (nSPS) is 20.6. The molecule has 1 aromatic rings. The number of Topliss-reactive ketones (excluding diaryl/α,β-unsaturated/α-hetero) is 1. The summed E-state index contributed by atoms with van der Waals surface area (Å²) < 4.78 is 0. The molecule has 2 aliphatic carbocycles. The zero-order valence-corrected chi connectivity index (χ0v) is 12.4. The van der Waals surface area contributed by atoms with Crippen LogP contribution < -0.4 is 5.32 Å². The fraction of sp³-hybridized carbons (Fsp3) is 0.625. The summed E-state index contributed by atoms with van der Waals surface area (Å²) in [6.07, 6.45) is 3.81. The maximum atomic E-state index is 12.3. The van der Waals surface area contributed by atoms with Crippen LogP contribution in [0.4, 0.5) is 0 Å². The molecule has 2 N–H and O–H groups in total. The predicted molar refractivity (Wildman–Crippen MR) is 77.0 cm³/mol. The quantitative estimate of drug-likeness (QED) is 0.890. The molecule has 0 bridgehead atoms. The third-order valence-electron chi connectivity index (χ3n) is 4.38. The van der Waals surface area contributed by atoms with Crippen LogP contribution in [0.2, 0.25) is 0 Å². The van der Waals surface area contributed by atoms with Crippen LogP contribution in [0.3, 0.4) is 0 Å². The third-order valence-corrected chi connectivity index (χ3v) is 4.38. The van der Waals surface area contributed by atoms with Crippen molar-refractivity contribution in [3.63, 3.8) is 0 Å². The molecular weight excluding hydrogens is 252 g/mol. The molecule has 0 unspecified atom stereocenters. The first kappa shape index (κ1) is 13.4. The third kappa shape index (κ3) is 2.39. The van der Waals surface area contributed by atoms with Gasteiger partial charge >= 0.3 is 0 Å². The first-order valence-corrected chi connectivity index (χ1v) is 7.40. The number of ketones is 1. The Morgan fingerprint density at radius 3 is 2.70 bits per heavy atom. The summed E-state index contributed by atoms with van der Waals surface area (Å²) in [6, 6.07) is 0. The van der Waals surface area contributed by atoms with Crippen LogP contribution >= 0.6 is 0 Å². The van der Waals surface area contributed by atoms with E-state index in [9.17, 15) is 9.59 Å². The first-order chi connectivity index (χ1) is 9.37. The van der Waals surface area contributed by atoms with Gasteiger partial charge in [-0.2, -0.15) is 0 Å². The Bertz CT molecular complexity index is 580. The molecule has 108 valence electrons. The summed E-state index contributed by atoms with van der Waals surface area (Å²) >= 11 is 0. The van der Waals surface area contributed by atoms with E-state index in [0.717, 1.165) is 29.8 Å². The van der Waals surface area contributed by atoms with E-state index in [1.807, 2.05) is 6.92 Å². The number of hydrogen-bond acceptors (Lipinski definition) is 2. The summed E-state index contributed by atoms with van der Waals surface area (Å²) in [5.41, 5.74) is 3.04. The molecule has 0 aromatic carbocycles. The summed E-state index contributed by atoms with van der Waals surface area (Å²) in [6.45, 7) is 6.81. The molecule has 1 aromatic heterocycles. The molecule has 0 saturated heterocycles. The van der Waals surface area contributed by atoms with Crippen LogP contribution in [-0.4, -0.2) is 23.2 Å². The van der Waals surface area contributed by atoms with Crippen LogP contribution in [0, 0.1) is 18.3 Å². The van der Waals surface area contributed by atoms with Gasteiger partial charge in [-0.05, 0) is 43.1 Å². The maximum Gasteiger partial charge on any atom is 0.268 e. The molecule has 1 saturated carbocycles. The van der Waals surface area contributed by atoms with E-state index in [2.05, 4.69) is 24.1 Å². The van der Waals surface area contributed by atoms with Gasteiger partial charge in [0.25, 0.3) is 5.91 Å². The van der Waals surface area contributed by atoms with Crippen molar-refractivity contribution < 1.29 is 9.59 Å². The van der Waals surface area contributed by atoms with Crippen LogP contribution in [0.15, 0.2) is 0 Å². The average molecular weight is 274 g/mol. The summed E-state index contributed by atoms with van der Waals surface area (Å²) in [4.78, 5) is 27.7. The molecule has 20 heavy (non-hydrogen) atoms. The number of H-pyrrole nitrogens is 1. The standard InChI is InChI=1S/C16H22N2O2/c1-9-13-11(6-16(2,3)7-12(13)19)18-14(9)15(20)17-8-10-4-5-10/h10,18H,4-8H2,1-3H3,(H,17,20). The van der Waals surface area contributed by atoms with E-state index < -0.39 is 0 Å². The number of rotatable bonds is 3. The van der Waals surface area contributed by atoms with Crippen LogP contribution in [-0.2, 0) is 6.42 Å². The minimum absolute atomic E-state index is 0.0247. The SMILES string of the molecule is Cc1c(C(=O)NCC2CC2)[nH]c2c1C(=O)CC(C)(C)C2. The monoisotopic (exact) mass is 274 g/mol. The highest BCUT2D eigenvalue weighted by Crippen LogP contribution is 2.36. The molecular formula is C16H22N2O2. The second-order valence-corrected chi connectivity index (χ2v) is 7.07. The van der Waals surface area contributed by atoms with Crippen LogP contribution in [0.1, 0.15) is 65.2 Å². The minimum Gasteiger partial charge on any atom is -0.354 e. The first-order valence-electron chi connectivity index (χ1n) is 7.40. The van der Waals surface area contributed by atoms with Crippen molar-refractivity contribution in [1.29, 1.82) is 0 Å². The van der Waals surface area contributed by atoms with Crippen molar-refractivity contribution in [2.45, 2.75) is 46.5 Å². The van der Waals surface area contributed by atoms with E-state index in [4.69, 9.17) is 0 Å². The molecule has 3 rings (SSSR count). The highest BCUT2D eigenvalue weighted by molar-refractivity contribution is 6.04. The Kier molecular flexibility index (Phi) is 3.00. The van der Waals surface area contributed by atoms with E-state index in [1.54, 1.807) is 0 Å². The molecule has 1 fully saturated rings. The smallest absolute Gasteiger partial charge is 0.268 e. The molecule has 4 heteroatoms. The lowest BCUT2D eigenvalue weighted by Crippen LogP contribution is -2.26. The molecule has 0 aliphatic heterocycles. The van der Waals surface area contributed by atoms with Gasteiger partial charge in [0.1, 0.15) is 5.69 Å². The largest absolute Gasteiger partial charge is 0.354 e. The van der Waals surface area contributed by atoms with Gasteiger partial charge in [0.15, 0.2) is 5.78 Å². The van der Waals surface area contributed by atoms with E-state index in [0.29, 0.717) is 18.0 Å². The second kappa shape index (κ2) is 4.47. The van der Waals surface area contributed by atoms with Crippen molar-refractivity contribution in [3.05, 3.63) is 22.5 Å². The predicted octanol–water partition coefficient (Wildman–Crippen LogP) is 2.62. The lowest BCUT2D eigenvalue weighted by atomic mass is 9.75. The average Bonchev–Trinajstić information content (AvgIpc) is 3.09. The van der Waals surface area contributed by atoms with Crippen molar-refractivity contribution in [2.75, 3.05) is 6.54 Å². The van der Waals surface area contributed by atoms with Gasteiger partial charge in [-0.1, -0.05) is 13.8 Å². The summed E-state index contributed by atoms with van der Waals surface area (Å²) in [5, 5.41) is 2.96. The van der Waals surface area contributed by atoms with Crippen LogP contribution in [0.5, 0.6) is 0 Å². The van der Waals surface area contributed by atoms with E-state index in [-0.39, 0.29) is 17.1 Å². The Morgan fingerprint density at radius 2 is 2.05 bits per heavy atom. The topological polar surface area (TPSA) is 62.0 Å². The number of carbonyl (C=O) groups is 2. The fourth-order valence-corrected chi connectivity index (χ4v) is 3.11. The van der Waals surface area contributed by atoms with Crippen molar-refractivity contribution in [3.8, 4) is 0 Å². The van der Waals surface area contributed by atoms with Gasteiger partial charge in [0.05, 0.1) is 0 Å². The number of aromatic nitrogens is 1. The van der Waals surface area contributed by atoms with Crippen molar-refractivity contribution in [2.24, 2.45) is 11.3 Å². The Morgan fingerprint density at radius 1 is 1.35 bits per heavy atom. The Balaban J connectivity index is 1.86. The number of aromatic amines is 1. The molecule has 0 atom stereocenters. The minimum atomic E-state index is -0.0746. The van der Waals surface area contributed by atoms with Gasteiger partial charge in [-0.3, -0.25) is 9.59 Å². The van der Waals surface area contributed by atoms with Crippen molar-refractivity contribution >= 4 is 11.7 Å². The zero-order valence-electron chi connectivity index (χ0n) is 12.4. The number of fused-ring (bicyclic) bond motifs is 1. The molecule has 0 spiro atoms. The Hall–Kier alpha value is -1.58. The molecule has 2 aliphatic rings. The van der Waals surface area contributed by atoms with Gasteiger partial charge in [0, 0.05) is 24.2 Å². The zero-order chi connectivity index (χ0) is 14.5. The molecule has 4 nitrogen and oxygen atoms in total. The van der Waals surface area contributed by atoms with E-state index in [1.165, 1.54) is 12.8 Å². The van der Waals surface area contributed by atoms with Crippen molar-refractivity contribution in [1.82, 2.24) is 10.3 Å². The lowest BCUT2D eigenvalue weighted by Gasteiger charge is -2.28. The highest BCUT2D eigenvalue weighted by Gasteiger charge is 2.35. The van der Waals surface area contributed by atoms with Gasteiger partial charge in [-0.15, -0.1) is 0 Å². The second-order valence-electron chi connectivity index (χ2n) is 7.07. The fourth-order valence-electron chi connectivity index (χ4n) is 3.11. The number of hydrogen-bond donors (Lipinski definition) is 2. The molecule has 0 radical (unpaired) electrons. The van der Waals surface area contributed by atoms with E-state index >= 15 is 0 Å². The van der Waals surface area contributed by atoms with Crippen LogP contribution in [0.25, 0.3) is 0 Å². The van der Waals surface area contributed by atoms with Gasteiger partial charge in [0.2, 0.25) is 0 Å². The Labute approximate surface area is 119 Å². The van der Waals surface area contributed by atoms with Gasteiger partial charge < -0.3 is 10.3 Å². The summed E-state index contributed by atoms with van der Waals surface area (Å²) in [7, 11) is 0. The lowest BCUT2D eigenvalue weighted by molar-refractivity contribution is 0.0909. The highest BCUT2D eigenvalue weighted by atomic mass is 16.2.